The molecule has 0 aromatic rings. The van der Waals surface area contributed by atoms with Crippen molar-refractivity contribution in [1.29, 1.82) is 5.26 Å². The van der Waals surface area contributed by atoms with Gasteiger partial charge in [-0.3, -0.25) is 0 Å². The Morgan fingerprint density at radius 1 is 1.57 bits per heavy atom. The predicted octanol–water partition coefficient (Wildman–Crippen LogP) is 1.53. The summed E-state index contributed by atoms with van der Waals surface area (Å²) in [5.74, 6) is 0.977. The van der Waals surface area contributed by atoms with Gasteiger partial charge in [0.2, 0.25) is 0 Å². The van der Waals surface area contributed by atoms with E-state index in [1.54, 1.807) is 6.92 Å². The van der Waals surface area contributed by atoms with E-state index in [4.69, 9.17) is 15.7 Å². The topological polar surface area (TPSA) is 59.0 Å². The number of nitriles is 1. The fraction of sp³-hybridized carbons (Fsp3) is 0.900. The first kappa shape index (κ1) is 11.8. The number of thioether (sulfide) groups is 1. The van der Waals surface area contributed by atoms with E-state index in [0.29, 0.717) is 5.25 Å². The Morgan fingerprint density at radius 2 is 2.21 bits per heavy atom. The highest BCUT2D eigenvalue weighted by molar-refractivity contribution is 7.99. The molecule has 1 aliphatic heterocycles. The highest BCUT2D eigenvalue weighted by Crippen LogP contribution is 2.23. The van der Waals surface area contributed by atoms with Crippen molar-refractivity contribution in [1.82, 2.24) is 0 Å². The minimum Gasteiger partial charge on any atom is -0.381 e. The quantitative estimate of drug-likeness (QED) is 0.771. The van der Waals surface area contributed by atoms with Crippen LogP contribution in [0.4, 0.5) is 0 Å². The van der Waals surface area contributed by atoms with Crippen molar-refractivity contribution in [2.24, 2.45) is 5.73 Å². The Bertz CT molecular complexity index is 207. The minimum atomic E-state index is -0.655. The van der Waals surface area contributed by atoms with Gasteiger partial charge in [-0.05, 0) is 31.9 Å². The van der Waals surface area contributed by atoms with Gasteiger partial charge in [0.05, 0.1) is 6.07 Å². The Labute approximate surface area is 90.0 Å². The van der Waals surface area contributed by atoms with Crippen LogP contribution in [0.15, 0.2) is 0 Å². The average Bonchev–Trinajstić information content (AvgIpc) is 2.19. The molecule has 4 heteroatoms. The van der Waals surface area contributed by atoms with E-state index >= 15 is 0 Å². The molecular weight excluding hydrogens is 196 g/mol. The number of hydrogen-bond acceptors (Lipinski definition) is 4. The van der Waals surface area contributed by atoms with E-state index in [2.05, 4.69) is 6.07 Å². The monoisotopic (exact) mass is 214 g/mol. The zero-order chi connectivity index (χ0) is 10.4. The standard InChI is InChI=1S/C10H18N2OS/c1-10(12,8-11)4-7-14-9-2-5-13-6-3-9/h9H,2-7,12H2,1H3. The third kappa shape index (κ3) is 4.32. The van der Waals surface area contributed by atoms with Crippen molar-refractivity contribution < 1.29 is 4.74 Å². The second-order valence-electron chi connectivity index (χ2n) is 3.96. The highest BCUT2D eigenvalue weighted by atomic mass is 32.2. The molecule has 0 aliphatic carbocycles. The van der Waals surface area contributed by atoms with Gasteiger partial charge in [-0.15, -0.1) is 0 Å². The fourth-order valence-electron chi connectivity index (χ4n) is 1.34. The summed E-state index contributed by atoms with van der Waals surface area (Å²) in [4.78, 5) is 0. The molecule has 1 fully saturated rings. The lowest BCUT2D eigenvalue weighted by Gasteiger charge is -2.22. The zero-order valence-corrected chi connectivity index (χ0v) is 9.48. The smallest absolute Gasteiger partial charge is 0.102 e. The molecule has 0 spiro atoms. The Kier molecular flexibility index (Phi) is 4.73. The van der Waals surface area contributed by atoms with Crippen molar-refractivity contribution in [2.45, 2.75) is 37.0 Å². The summed E-state index contributed by atoms with van der Waals surface area (Å²) < 4.78 is 5.28. The van der Waals surface area contributed by atoms with Gasteiger partial charge >= 0.3 is 0 Å². The van der Waals surface area contributed by atoms with Gasteiger partial charge in [0.15, 0.2) is 0 Å². The van der Waals surface area contributed by atoms with Crippen LogP contribution in [0.25, 0.3) is 0 Å². The predicted molar refractivity (Wildman–Crippen MR) is 59.1 cm³/mol. The molecule has 0 radical (unpaired) electrons. The van der Waals surface area contributed by atoms with E-state index in [0.717, 1.165) is 38.2 Å². The van der Waals surface area contributed by atoms with Crippen LogP contribution in [0, 0.1) is 11.3 Å². The van der Waals surface area contributed by atoms with Crippen LogP contribution in [0.5, 0.6) is 0 Å². The van der Waals surface area contributed by atoms with Gasteiger partial charge in [-0.1, -0.05) is 0 Å². The summed E-state index contributed by atoms with van der Waals surface area (Å²) >= 11 is 1.93. The maximum atomic E-state index is 8.73. The maximum absolute atomic E-state index is 8.73. The molecule has 3 nitrogen and oxygen atoms in total. The van der Waals surface area contributed by atoms with Crippen molar-refractivity contribution in [3.8, 4) is 6.07 Å². The molecule has 0 aromatic heterocycles. The van der Waals surface area contributed by atoms with Gasteiger partial charge in [0.25, 0.3) is 0 Å². The molecule has 1 aliphatic rings. The van der Waals surface area contributed by atoms with Crippen molar-refractivity contribution >= 4 is 11.8 Å². The largest absolute Gasteiger partial charge is 0.381 e. The summed E-state index contributed by atoms with van der Waals surface area (Å²) in [5.41, 5.74) is 5.08. The SMILES string of the molecule is CC(N)(C#N)CCSC1CCOCC1. The molecule has 14 heavy (non-hydrogen) atoms. The van der Waals surface area contributed by atoms with Crippen LogP contribution in [0.2, 0.25) is 0 Å². The summed E-state index contributed by atoms with van der Waals surface area (Å²) in [6, 6.07) is 2.12. The molecular formula is C10H18N2OS. The van der Waals surface area contributed by atoms with E-state index in [9.17, 15) is 0 Å². The molecule has 0 aromatic carbocycles. The molecule has 2 N–H and O–H groups in total. The number of nitrogens with two attached hydrogens (primary N) is 1. The third-order valence-corrected chi connectivity index (χ3v) is 3.78. The molecule has 1 atom stereocenters. The van der Waals surface area contributed by atoms with Crippen LogP contribution in [0.1, 0.15) is 26.2 Å². The van der Waals surface area contributed by atoms with Gasteiger partial charge < -0.3 is 10.5 Å². The van der Waals surface area contributed by atoms with E-state index in [1.807, 2.05) is 11.8 Å². The van der Waals surface area contributed by atoms with Crippen LogP contribution < -0.4 is 5.73 Å². The lowest BCUT2D eigenvalue weighted by molar-refractivity contribution is 0.1000. The average molecular weight is 214 g/mol. The normalized spacial score (nSPS) is 22.6. The molecule has 80 valence electrons. The number of rotatable bonds is 4. The van der Waals surface area contributed by atoms with Crippen LogP contribution in [-0.4, -0.2) is 29.8 Å². The molecule has 1 heterocycles. The lowest BCUT2D eigenvalue weighted by atomic mass is 10.0. The van der Waals surface area contributed by atoms with Crippen molar-refractivity contribution in [3.63, 3.8) is 0 Å². The van der Waals surface area contributed by atoms with Gasteiger partial charge in [0.1, 0.15) is 5.54 Å². The Balaban J connectivity index is 2.12. The molecule has 0 saturated carbocycles. The fourth-order valence-corrected chi connectivity index (χ4v) is 2.74. The number of ether oxygens (including phenoxy) is 1. The van der Waals surface area contributed by atoms with Crippen LogP contribution >= 0.6 is 11.8 Å². The molecule has 1 unspecified atom stereocenters. The highest BCUT2D eigenvalue weighted by Gasteiger charge is 2.19. The first-order valence-corrected chi connectivity index (χ1v) is 6.08. The summed E-state index contributed by atoms with van der Waals surface area (Å²) in [5, 5.41) is 9.43. The minimum absolute atomic E-state index is 0.655. The second kappa shape index (κ2) is 5.59. The molecule has 0 bridgehead atoms. The summed E-state index contributed by atoms with van der Waals surface area (Å²) in [6.07, 6.45) is 3.04. The molecule has 0 amide bonds. The van der Waals surface area contributed by atoms with Gasteiger partial charge in [-0.25, -0.2) is 0 Å². The first-order valence-electron chi connectivity index (χ1n) is 5.03. The maximum Gasteiger partial charge on any atom is 0.102 e. The number of nitrogens with zero attached hydrogens (tertiary/aromatic N) is 1. The van der Waals surface area contributed by atoms with Gasteiger partial charge in [0, 0.05) is 18.5 Å². The zero-order valence-electron chi connectivity index (χ0n) is 8.66. The number of hydrogen-bond donors (Lipinski definition) is 1. The van der Waals surface area contributed by atoms with E-state index < -0.39 is 5.54 Å². The molecule has 1 saturated heterocycles. The lowest BCUT2D eigenvalue weighted by Crippen LogP contribution is -2.34. The van der Waals surface area contributed by atoms with Crippen LogP contribution in [-0.2, 0) is 4.74 Å². The summed E-state index contributed by atoms with van der Waals surface area (Å²) in [7, 11) is 0. The van der Waals surface area contributed by atoms with E-state index in [1.165, 1.54) is 0 Å². The molecule has 1 rings (SSSR count). The van der Waals surface area contributed by atoms with Crippen molar-refractivity contribution in [3.05, 3.63) is 0 Å². The van der Waals surface area contributed by atoms with Gasteiger partial charge in [-0.2, -0.15) is 17.0 Å². The third-order valence-electron chi connectivity index (χ3n) is 2.40. The Morgan fingerprint density at radius 3 is 2.79 bits per heavy atom. The van der Waals surface area contributed by atoms with Crippen molar-refractivity contribution in [2.75, 3.05) is 19.0 Å². The van der Waals surface area contributed by atoms with E-state index in [-0.39, 0.29) is 0 Å². The summed E-state index contributed by atoms with van der Waals surface area (Å²) in [6.45, 7) is 3.56. The van der Waals surface area contributed by atoms with Crippen LogP contribution in [0.3, 0.4) is 0 Å². The first-order chi connectivity index (χ1) is 6.64. The second-order valence-corrected chi connectivity index (χ2v) is 5.37. The Hall–Kier alpha value is -0.240.